The fourth-order valence-corrected chi connectivity index (χ4v) is 3.62. The Labute approximate surface area is 171 Å². The van der Waals surface area contributed by atoms with Crippen molar-refractivity contribution < 1.29 is 18.1 Å². The van der Waals surface area contributed by atoms with Crippen molar-refractivity contribution in [1.29, 1.82) is 0 Å². The van der Waals surface area contributed by atoms with Gasteiger partial charge in [0.05, 0.1) is 22.6 Å². The molecule has 0 aliphatic carbocycles. The summed E-state index contributed by atoms with van der Waals surface area (Å²) < 4.78 is 28.3. The molecule has 0 saturated heterocycles. The van der Waals surface area contributed by atoms with Crippen molar-refractivity contribution in [2.45, 2.75) is 11.4 Å². The van der Waals surface area contributed by atoms with E-state index in [1.54, 1.807) is 0 Å². The lowest BCUT2D eigenvalue weighted by Crippen LogP contribution is -2.34. The number of non-ortho nitro benzene ring substituents is 1. The van der Waals surface area contributed by atoms with Gasteiger partial charge in [0.25, 0.3) is 11.6 Å². The van der Waals surface area contributed by atoms with Gasteiger partial charge in [-0.1, -0.05) is 41.6 Å². The highest BCUT2D eigenvalue weighted by Crippen LogP contribution is 2.16. The maximum absolute atomic E-state index is 12.2. The third-order valence-electron chi connectivity index (χ3n) is 4.00. The number of rotatable bonds is 9. The maximum Gasteiger partial charge on any atom is 0.273 e. The molecule has 0 bridgehead atoms. The zero-order valence-electron chi connectivity index (χ0n) is 15.6. The van der Waals surface area contributed by atoms with Gasteiger partial charge >= 0.3 is 0 Å². The lowest BCUT2D eigenvalue weighted by atomic mass is 10.2. The van der Waals surface area contributed by atoms with Crippen LogP contribution < -0.4 is 10.0 Å². The van der Waals surface area contributed by atoms with Crippen molar-refractivity contribution in [3.8, 4) is 0 Å². The Morgan fingerprint density at radius 3 is 2.60 bits per heavy atom. The normalized spacial score (nSPS) is 11.2. The molecule has 1 heterocycles. The maximum atomic E-state index is 12.2. The van der Waals surface area contributed by atoms with Crippen LogP contribution in [0, 0.1) is 10.1 Å². The van der Waals surface area contributed by atoms with E-state index in [1.165, 1.54) is 29.1 Å². The van der Waals surface area contributed by atoms with E-state index in [0.717, 1.165) is 11.6 Å². The van der Waals surface area contributed by atoms with Crippen molar-refractivity contribution in [3.05, 3.63) is 82.2 Å². The number of benzene rings is 2. The first kappa shape index (κ1) is 21.1. The summed E-state index contributed by atoms with van der Waals surface area (Å²) in [5, 5.41) is 21.0. The standard InChI is InChI=1S/C18H18N6O5S/c25-18(17-13-23(22-21-17)12-14-5-2-1-3-6-14)19-9-10-20-30(28,29)16-8-4-7-15(11-16)24(26)27/h1-8,11,13,20H,9-10,12H2,(H,19,25). The molecule has 2 aromatic carbocycles. The second-order valence-electron chi connectivity index (χ2n) is 6.20. The first-order chi connectivity index (χ1) is 14.3. The topological polar surface area (TPSA) is 149 Å². The molecule has 30 heavy (non-hydrogen) atoms. The van der Waals surface area contributed by atoms with Crippen LogP contribution in [0.25, 0.3) is 0 Å². The van der Waals surface area contributed by atoms with Crippen LogP contribution in [0.15, 0.2) is 65.7 Å². The summed E-state index contributed by atoms with van der Waals surface area (Å²) in [6.07, 6.45) is 1.50. The number of carbonyl (C=O) groups is 1. The number of sulfonamides is 1. The minimum atomic E-state index is -3.95. The zero-order valence-corrected chi connectivity index (χ0v) is 16.4. The lowest BCUT2D eigenvalue weighted by Gasteiger charge is -2.07. The number of nitro benzene ring substituents is 1. The Morgan fingerprint density at radius 2 is 1.87 bits per heavy atom. The largest absolute Gasteiger partial charge is 0.349 e. The Balaban J connectivity index is 1.50. The Morgan fingerprint density at radius 1 is 1.10 bits per heavy atom. The number of nitrogens with zero attached hydrogens (tertiary/aromatic N) is 4. The van der Waals surface area contributed by atoms with E-state index < -0.39 is 20.9 Å². The predicted molar refractivity (Wildman–Crippen MR) is 106 cm³/mol. The van der Waals surface area contributed by atoms with Gasteiger partial charge in [-0.2, -0.15) is 0 Å². The highest BCUT2D eigenvalue weighted by Gasteiger charge is 2.17. The number of nitro groups is 1. The SMILES string of the molecule is O=C(NCCNS(=O)(=O)c1cccc([N+](=O)[O-])c1)c1cn(Cc2ccccc2)nn1. The van der Waals surface area contributed by atoms with Gasteiger partial charge in [-0.05, 0) is 11.6 Å². The fraction of sp³-hybridized carbons (Fsp3) is 0.167. The zero-order chi connectivity index (χ0) is 21.6. The van der Waals surface area contributed by atoms with Crippen LogP contribution in [-0.2, 0) is 16.6 Å². The number of carbonyl (C=O) groups excluding carboxylic acids is 1. The summed E-state index contributed by atoms with van der Waals surface area (Å²) in [6, 6.07) is 14.2. The molecule has 3 aromatic rings. The summed E-state index contributed by atoms with van der Waals surface area (Å²) in [5.74, 6) is -0.496. The first-order valence-electron chi connectivity index (χ1n) is 8.81. The van der Waals surface area contributed by atoms with Crippen LogP contribution in [0.5, 0.6) is 0 Å². The Kier molecular flexibility index (Phi) is 6.49. The molecule has 0 aliphatic rings. The monoisotopic (exact) mass is 430 g/mol. The van der Waals surface area contributed by atoms with Crippen molar-refractivity contribution in [3.63, 3.8) is 0 Å². The Bertz CT molecular complexity index is 1150. The molecule has 0 atom stereocenters. The average Bonchev–Trinajstić information content (AvgIpc) is 3.20. The van der Waals surface area contributed by atoms with Crippen molar-refractivity contribution >= 4 is 21.6 Å². The summed E-state index contributed by atoms with van der Waals surface area (Å²) in [6.45, 7) is 0.359. The number of amides is 1. The van der Waals surface area contributed by atoms with Crippen molar-refractivity contribution in [2.75, 3.05) is 13.1 Å². The second-order valence-corrected chi connectivity index (χ2v) is 7.96. The first-order valence-corrected chi connectivity index (χ1v) is 10.3. The molecule has 3 rings (SSSR count). The number of nitrogens with one attached hydrogen (secondary N) is 2. The smallest absolute Gasteiger partial charge is 0.273 e. The van der Waals surface area contributed by atoms with Crippen LogP contribution in [0.2, 0.25) is 0 Å². The van der Waals surface area contributed by atoms with Gasteiger partial charge < -0.3 is 5.32 Å². The molecule has 2 N–H and O–H groups in total. The number of hydrogen-bond donors (Lipinski definition) is 2. The van der Waals surface area contributed by atoms with E-state index in [2.05, 4.69) is 20.4 Å². The highest BCUT2D eigenvalue weighted by molar-refractivity contribution is 7.89. The molecule has 1 aromatic heterocycles. The molecule has 156 valence electrons. The summed E-state index contributed by atoms with van der Waals surface area (Å²) in [4.78, 5) is 22.0. The van der Waals surface area contributed by atoms with Crippen molar-refractivity contribution in [1.82, 2.24) is 25.0 Å². The van der Waals surface area contributed by atoms with Crippen LogP contribution in [0.3, 0.4) is 0 Å². The molecule has 1 amide bonds. The van der Waals surface area contributed by atoms with Crippen LogP contribution in [0.4, 0.5) is 5.69 Å². The van der Waals surface area contributed by atoms with E-state index >= 15 is 0 Å². The van der Waals surface area contributed by atoms with Gasteiger partial charge in [0.2, 0.25) is 10.0 Å². The lowest BCUT2D eigenvalue weighted by molar-refractivity contribution is -0.385. The third kappa shape index (κ3) is 5.46. The number of hydrogen-bond acceptors (Lipinski definition) is 7. The molecule has 0 unspecified atom stereocenters. The van der Waals surface area contributed by atoms with Gasteiger partial charge in [-0.3, -0.25) is 14.9 Å². The minimum Gasteiger partial charge on any atom is -0.349 e. The Hall–Kier alpha value is -3.64. The van der Waals surface area contributed by atoms with E-state index in [9.17, 15) is 23.3 Å². The average molecular weight is 430 g/mol. The van der Waals surface area contributed by atoms with Gasteiger partial charge in [0.15, 0.2) is 5.69 Å². The molecular formula is C18H18N6O5S. The van der Waals surface area contributed by atoms with Crippen LogP contribution in [0.1, 0.15) is 16.1 Å². The molecule has 12 heteroatoms. The molecule has 0 spiro atoms. The molecule has 0 radical (unpaired) electrons. The van der Waals surface area contributed by atoms with E-state index in [-0.39, 0.29) is 29.4 Å². The quantitative estimate of drug-likeness (QED) is 0.291. The van der Waals surface area contributed by atoms with E-state index in [1.807, 2.05) is 30.3 Å². The van der Waals surface area contributed by atoms with Gasteiger partial charge in [0.1, 0.15) is 0 Å². The van der Waals surface area contributed by atoms with Gasteiger partial charge in [0, 0.05) is 25.2 Å². The van der Waals surface area contributed by atoms with E-state index in [4.69, 9.17) is 0 Å². The molecule has 0 aliphatic heterocycles. The molecule has 11 nitrogen and oxygen atoms in total. The summed E-state index contributed by atoms with van der Waals surface area (Å²) >= 11 is 0. The fourth-order valence-electron chi connectivity index (χ4n) is 2.55. The molecular weight excluding hydrogens is 412 g/mol. The van der Waals surface area contributed by atoms with Crippen molar-refractivity contribution in [2.24, 2.45) is 0 Å². The predicted octanol–water partition coefficient (Wildman–Crippen LogP) is 0.943. The second kappa shape index (κ2) is 9.24. The minimum absolute atomic E-state index is 0.00145. The number of aromatic nitrogens is 3. The van der Waals surface area contributed by atoms with Gasteiger partial charge in [-0.15, -0.1) is 5.10 Å². The van der Waals surface area contributed by atoms with Gasteiger partial charge in [-0.25, -0.2) is 17.8 Å². The van der Waals surface area contributed by atoms with E-state index in [0.29, 0.717) is 6.54 Å². The summed E-state index contributed by atoms with van der Waals surface area (Å²) in [5.41, 5.74) is 0.780. The third-order valence-corrected chi connectivity index (χ3v) is 5.46. The molecule has 0 saturated carbocycles. The van der Waals surface area contributed by atoms with Crippen LogP contribution in [-0.4, -0.2) is 47.3 Å². The highest BCUT2D eigenvalue weighted by atomic mass is 32.2. The summed E-state index contributed by atoms with van der Waals surface area (Å²) in [7, 11) is -3.95. The van der Waals surface area contributed by atoms with Crippen LogP contribution >= 0.6 is 0 Å². The molecule has 0 fully saturated rings.